The minimum atomic E-state index is -0.218. The maximum atomic E-state index is 12.1. The Morgan fingerprint density at radius 2 is 1.61 bits per heavy atom. The molecule has 0 spiro atoms. The molecule has 4 heteroatoms. The highest BCUT2D eigenvalue weighted by Crippen LogP contribution is 2.58. The normalized spacial score (nSPS) is 41.2. The molecule has 1 aromatic rings. The number of H-pyrrole nitrogens is 1. The zero-order chi connectivity index (χ0) is 12.3. The van der Waals surface area contributed by atoms with Crippen molar-refractivity contribution >= 4 is 0 Å². The van der Waals surface area contributed by atoms with E-state index in [9.17, 15) is 9.59 Å². The van der Waals surface area contributed by atoms with Crippen molar-refractivity contribution in [2.45, 2.75) is 44.1 Å². The van der Waals surface area contributed by atoms with Gasteiger partial charge in [-0.15, -0.1) is 0 Å². The van der Waals surface area contributed by atoms with Crippen LogP contribution in [0.25, 0.3) is 0 Å². The van der Waals surface area contributed by atoms with Gasteiger partial charge in [0.15, 0.2) is 0 Å². The molecular weight excluding hydrogens is 228 g/mol. The molecule has 4 aliphatic carbocycles. The summed E-state index contributed by atoms with van der Waals surface area (Å²) in [6, 6.07) is 1.49. The average molecular weight is 246 g/mol. The molecule has 4 aliphatic rings. The van der Waals surface area contributed by atoms with Gasteiger partial charge in [0.25, 0.3) is 5.56 Å². The van der Waals surface area contributed by atoms with E-state index >= 15 is 0 Å². The molecule has 5 rings (SSSR count). The molecule has 0 unspecified atom stereocenters. The summed E-state index contributed by atoms with van der Waals surface area (Å²) in [7, 11) is 0. The van der Waals surface area contributed by atoms with Gasteiger partial charge >= 0.3 is 5.69 Å². The van der Waals surface area contributed by atoms with E-state index in [0.717, 1.165) is 37.0 Å². The fourth-order valence-electron chi connectivity index (χ4n) is 5.21. The fourth-order valence-corrected chi connectivity index (χ4v) is 5.21. The molecule has 4 bridgehead atoms. The summed E-state index contributed by atoms with van der Waals surface area (Å²) < 4.78 is 1.54. The third-order valence-electron chi connectivity index (χ3n) is 5.34. The van der Waals surface area contributed by atoms with E-state index in [0.29, 0.717) is 0 Å². The number of rotatable bonds is 1. The minimum absolute atomic E-state index is 0.124. The minimum Gasteiger partial charge on any atom is -0.314 e. The molecule has 4 nitrogen and oxygen atoms in total. The Morgan fingerprint density at radius 3 is 2.11 bits per heavy atom. The third-order valence-corrected chi connectivity index (χ3v) is 5.34. The van der Waals surface area contributed by atoms with Crippen molar-refractivity contribution in [3.63, 3.8) is 0 Å². The summed E-state index contributed by atoms with van der Waals surface area (Å²) >= 11 is 0. The highest BCUT2D eigenvalue weighted by atomic mass is 16.2. The van der Waals surface area contributed by atoms with Crippen LogP contribution < -0.4 is 11.2 Å². The van der Waals surface area contributed by atoms with E-state index in [2.05, 4.69) is 4.98 Å². The summed E-state index contributed by atoms with van der Waals surface area (Å²) in [5.41, 5.74) is -0.508. The van der Waals surface area contributed by atoms with Gasteiger partial charge in [-0.05, 0) is 56.3 Å². The Kier molecular flexibility index (Phi) is 1.98. The smallest absolute Gasteiger partial charge is 0.314 e. The largest absolute Gasteiger partial charge is 0.328 e. The van der Waals surface area contributed by atoms with Crippen molar-refractivity contribution in [2.75, 3.05) is 0 Å². The first-order valence-electron chi connectivity index (χ1n) is 6.97. The van der Waals surface area contributed by atoms with Crippen LogP contribution in [0.15, 0.2) is 21.9 Å². The van der Waals surface area contributed by atoms with Gasteiger partial charge in [0.05, 0.1) is 5.54 Å². The molecule has 1 N–H and O–H groups in total. The van der Waals surface area contributed by atoms with Crippen LogP contribution in [-0.2, 0) is 5.54 Å². The van der Waals surface area contributed by atoms with Gasteiger partial charge in [-0.3, -0.25) is 9.36 Å². The van der Waals surface area contributed by atoms with Crippen molar-refractivity contribution in [2.24, 2.45) is 17.8 Å². The zero-order valence-electron chi connectivity index (χ0n) is 10.4. The van der Waals surface area contributed by atoms with E-state index in [4.69, 9.17) is 0 Å². The lowest BCUT2D eigenvalue weighted by Crippen LogP contribution is -2.58. The number of aromatic amines is 1. The molecule has 4 fully saturated rings. The molecule has 0 saturated heterocycles. The first-order chi connectivity index (χ1) is 8.66. The van der Waals surface area contributed by atoms with E-state index < -0.39 is 0 Å². The molecule has 0 amide bonds. The number of aromatic nitrogens is 2. The van der Waals surface area contributed by atoms with Gasteiger partial charge in [-0.2, -0.15) is 0 Å². The highest BCUT2D eigenvalue weighted by molar-refractivity contribution is 5.06. The molecule has 0 aromatic carbocycles. The summed E-state index contributed by atoms with van der Waals surface area (Å²) in [4.78, 5) is 26.8. The summed E-state index contributed by atoms with van der Waals surface area (Å²) in [6.45, 7) is 0. The number of hydrogen-bond acceptors (Lipinski definition) is 2. The second-order valence-electron chi connectivity index (χ2n) is 6.60. The van der Waals surface area contributed by atoms with Crippen molar-refractivity contribution in [1.29, 1.82) is 0 Å². The van der Waals surface area contributed by atoms with Gasteiger partial charge in [-0.25, -0.2) is 4.79 Å². The van der Waals surface area contributed by atoms with E-state index in [1.54, 1.807) is 0 Å². The van der Waals surface area contributed by atoms with Crippen LogP contribution in [0.5, 0.6) is 0 Å². The summed E-state index contributed by atoms with van der Waals surface area (Å²) in [5, 5.41) is 0. The van der Waals surface area contributed by atoms with Crippen molar-refractivity contribution in [1.82, 2.24) is 9.55 Å². The monoisotopic (exact) mass is 246 g/mol. The van der Waals surface area contributed by atoms with Crippen LogP contribution in [0.3, 0.4) is 0 Å². The molecule has 0 atom stereocenters. The van der Waals surface area contributed by atoms with Gasteiger partial charge < -0.3 is 4.98 Å². The van der Waals surface area contributed by atoms with Gasteiger partial charge in [-0.1, -0.05) is 0 Å². The predicted molar refractivity (Wildman–Crippen MR) is 67.5 cm³/mol. The van der Waals surface area contributed by atoms with Crippen LogP contribution in [0, 0.1) is 17.8 Å². The fraction of sp³-hybridized carbons (Fsp3) is 0.714. The van der Waals surface area contributed by atoms with Gasteiger partial charge in [0.1, 0.15) is 0 Å². The Balaban J connectivity index is 1.89. The molecule has 4 saturated carbocycles. The maximum Gasteiger partial charge on any atom is 0.328 e. The number of nitrogens with one attached hydrogen (secondary N) is 1. The second kappa shape index (κ2) is 3.37. The molecule has 0 aliphatic heterocycles. The Labute approximate surface area is 105 Å². The molecular formula is C14H18N2O2. The van der Waals surface area contributed by atoms with Crippen LogP contribution in [-0.4, -0.2) is 9.55 Å². The van der Waals surface area contributed by atoms with Gasteiger partial charge in [0, 0.05) is 12.3 Å². The van der Waals surface area contributed by atoms with Crippen LogP contribution >= 0.6 is 0 Å². The summed E-state index contributed by atoms with van der Waals surface area (Å²) in [5.74, 6) is 2.22. The average Bonchev–Trinajstić information content (AvgIpc) is 2.26. The molecule has 18 heavy (non-hydrogen) atoms. The SMILES string of the molecule is O=c1cc[nH]c(=O)n1C12CC3CC(CC(C3)C1)C2. The van der Waals surface area contributed by atoms with E-state index in [1.165, 1.54) is 36.1 Å². The third kappa shape index (κ3) is 1.32. The predicted octanol–water partition coefficient (Wildman–Crippen LogP) is 1.46. The van der Waals surface area contributed by atoms with Crippen molar-refractivity contribution in [3.8, 4) is 0 Å². The maximum absolute atomic E-state index is 12.1. The lowest BCUT2D eigenvalue weighted by Gasteiger charge is -2.56. The second-order valence-corrected chi connectivity index (χ2v) is 6.60. The molecule has 0 radical (unpaired) electrons. The first-order valence-corrected chi connectivity index (χ1v) is 6.97. The molecule has 1 aromatic heterocycles. The van der Waals surface area contributed by atoms with Crippen molar-refractivity contribution < 1.29 is 0 Å². The van der Waals surface area contributed by atoms with Crippen LogP contribution in [0.2, 0.25) is 0 Å². The lowest BCUT2D eigenvalue weighted by atomic mass is 9.53. The quantitative estimate of drug-likeness (QED) is 0.815. The standard InChI is InChI=1S/C14H18N2O2/c17-12-1-2-15-13(18)16(12)14-6-9-3-10(7-14)5-11(4-9)8-14/h1-2,9-11H,3-8H2,(H,15,18). The van der Waals surface area contributed by atoms with Crippen molar-refractivity contribution in [3.05, 3.63) is 33.1 Å². The van der Waals surface area contributed by atoms with Crippen LogP contribution in [0.4, 0.5) is 0 Å². The zero-order valence-corrected chi connectivity index (χ0v) is 10.4. The Bertz CT molecular complexity index is 535. The molecule has 1 heterocycles. The first kappa shape index (κ1) is 10.6. The number of hydrogen-bond donors (Lipinski definition) is 1. The lowest BCUT2D eigenvalue weighted by molar-refractivity contribution is -0.0470. The summed E-state index contributed by atoms with van der Waals surface area (Å²) in [6.07, 6.45) is 8.52. The Morgan fingerprint density at radius 1 is 1.06 bits per heavy atom. The van der Waals surface area contributed by atoms with E-state index in [-0.39, 0.29) is 16.8 Å². The topological polar surface area (TPSA) is 54.9 Å². The van der Waals surface area contributed by atoms with Gasteiger partial charge in [0.2, 0.25) is 0 Å². The Hall–Kier alpha value is -1.32. The molecule has 96 valence electrons. The van der Waals surface area contributed by atoms with Crippen LogP contribution in [0.1, 0.15) is 38.5 Å². The highest BCUT2D eigenvalue weighted by Gasteiger charge is 2.52. The van der Waals surface area contributed by atoms with E-state index in [1.807, 2.05) is 0 Å². The number of nitrogens with zero attached hydrogens (tertiary/aromatic N) is 1.